The van der Waals surface area contributed by atoms with Gasteiger partial charge in [-0.25, -0.2) is 13.1 Å². The van der Waals surface area contributed by atoms with Crippen molar-refractivity contribution in [3.8, 4) is 17.0 Å². The summed E-state index contributed by atoms with van der Waals surface area (Å²) in [5.74, 6) is -0.516. The van der Waals surface area contributed by atoms with Crippen molar-refractivity contribution in [1.29, 1.82) is 0 Å². The van der Waals surface area contributed by atoms with Crippen LogP contribution < -0.4 is 20.9 Å². The minimum atomic E-state index is -3.98. The molecule has 11 nitrogen and oxygen atoms in total. The van der Waals surface area contributed by atoms with E-state index in [1.807, 2.05) is 26.2 Å². The summed E-state index contributed by atoms with van der Waals surface area (Å²) in [7, 11) is -7.56. The van der Waals surface area contributed by atoms with Crippen molar-refractivity contribution in [2.75, 3.05) is 22.9 Å². The number of aromatic hydroxyl groups is 1. The van der Waals surface area contributed by atoms with Crippen LogP contribution in [0.2, 0.25) is 0 Å². The average Bonchev–Trinajstić information content (AvgIpc) is 3.32. The van der Waals surface area contributed by atoms with Crippen LogP contribution in [0.4, 0.5) is 11.4 Å². The van der Waals surface area contributed by atoms with Crippen molar-refractivity contribution >= 4 is 51.4 Å². The molecule has 1 aliphatic rings. The molecule has 0 spiro atoms. The third kappa shape index (κ3) is 6.01. The number of amidine groups is 1. The summed E-state index contributed by atoms with van der Waals surface area (Å²) in [5, 5.41) is 22.5. The topological polar surface area (TPSA) is 152 Å². The molecule has 3 N–H and O–H groups in total. The molecule has 0 amide bonds. The highest BCUT2D eigenvalue weighted by molar-refractivity contribution is 7.92. The predicted molar refractivity (Wildman–Crippen MR) is 151 cm³/mol. The van der Waals surface area contributed by atoms with E-state index in [9.17, 15) is 22.9 Å². The molecule has 0 bridgehead atoms. The second-order valence-electron chi connectivity index (χ2n) is 10.0. The summed E-state index contributed by atoms with van der Waals surface area (Å²) in [6.07, 6.45) is 1.65. The summed E-state index contributed by atoms with van der Waals surface area (Å²) in [6, 6.07) is 6.16. The molecule has 1 aliphatic heterocycles. The molecule has 4 rings (SSSR count). The first-order chi connectivity index (χ1) is 17.7. The van der Waals surface area contributed by atoms with Gasteiger partial charge in [0.25, 0.3) is 5.56 Å². The summed E-state index contributed by atoms with van der Waals surface area (Å²) < 4.78 is 51.0. The Labute approximate surface area is 225 Å². The monoisotopic (exact) mass is 579 g/mol. The van der Waals surface area contributed by atoms with Crippen LogP contribution in [0.15, 0.2) is 44.6 Å². The quantitative estimate of drug-likeness (QED) is 0.336. The van der Waals surface area contributed by atoms with Gasteiger partial charge in [-0.05, 0) is 48.4 Å². The number of sulfonamides is 1. The molecule has 3 aromatic rings. The number of aromatic nitrogens is 2. The van der Waals surface area contributed by atoms with E-state index in [0.717, 1.165) is 6.26 Å². The third-order valence-corrected chi connectivity index (χ3v) is 8.97. The Morgan fingerprint density at radius 1 is 1.26 bits per heavy atom. The van der Waals surface area contributed by atoms with Crippen molar-refractivity contribution in [1.82, 2.24) is 9.78 Å². The van der Waals surface area contributed by atoms with Gasteiger partial charge in [-0.2, -0.15) is 21.2 Å². The van der Waals surface area contributed by atoms with E-state index in [-0.39, 0.29) is 40.1 Å². The molecule has 0 saturated heterocycles. The van der Waals surface area contributed by atoms with Gasteiger partial charge in [-0.3, -0.25) is 14.1 Å². The van der Waals surface area contributed by atoms with E-state index in [1.165, 1.54) is 34.2 Å². The van der Waals surface area contributed by atoms with Crippen LogP contribution in [0.1, 0.15) is 39.7 Å². The molecule has 0 saturated carbocycles. The Hall–Kier alpha value is -2.99. The molecule has 0 fully saturated rings. The Balaban J connectivity index is 1.90. The zero-order chi connectivity index (χ0) is 27.9. The van der Waals surface area contributed by atoms with Crippen molar-refractivity contribution < 1.29 is 22.6 Å². The number of hydrogen-bond acceptors (Lipinski definition) is 9. The van der Waals surface area contributed by atoms with Gasteiger partial charge in [0.2, 0.25) is 10.0 Å². The van der Waals surface area contributed by atoms with Gasteiger partial charge in [-0.15, -0.1) is 0 Å². The molecule has 204 valence electrons. The van der Waals surface area contributed by atoms with E-state index in [1.54, 1.807) is 18.4 Å². The van der Waals surface area contributed by atoms with Crippen LogP contribution in [0.25, 0.3) is 11.3 Å². The van der Waals surface area contributed by atoms with Crippen LogP contribution in [-0.4, -0.2) is 42.0 Å². The van der Waals surface area contributed by atoms with E-state index >= 15 is 0 Å². The van der Waals surface area contributed by atoms with Gasteiger partial charge in [0.15, 0.2) is 11.6 Å². The largest absolute Gasteiger partial charge is 0.505 e. The Morgan fingerprint density at radius 2 is 2.00 bits per heavy atom. The zero-order valence-electron chi connectivity index (χ0n) is 21.7. The molecule has 2 aromatic heterocycles. The third-order valence-electron chi connectivity index (χ3n) is 5.63. The molecule has 0 aliphatic carbocycles. The summed E-state index contributed by atoms with van der Waals surface area (Å²) in [5.41, 5.74) is 0.452. The second kappa shape index (κ2) is 10.3. The van der Waals surface area contributed by atoms with E-state index in [2.05, 4.69) is 19.9 Å². The van der Waals surface area contributed by atoms with Crippen molar-refractivity contribution in [2.45, 2.75) is 40.7 Å². The lowest BCUT2D eigenvalue weighted by molar-refractivity contribution is 0.335. The second-order valence-corrected chi connectivity index (χ2v) is 14.6. The Bertz CT molecular complexity index is 1610. The number of benzene rings is 1. The fourth-order valence-electron chi connectivity index (χ4n) is 3.83. The molecule has 1 aromatic carbocycles. The number of nitrogens with zero attached hydrogens (tertiary/aromatic N) is 3. The van der Waals surface area contributed by atoms with Gasteiger partial charge in [-0.1, -0.05) is 20.8 Å². The maximum Gasteiger partial charge on any atom is 0.348 e. The average molecular weight is 580 g/mol. The van der Waals surface area contributed by atoms with Crippen LogP contribution in [0.5, 0.6) is 5.75 Å². The van der Waals surface area contributed by atoms with Gasteiger partial charge in [0.05, 0.1) is 23.9 Å². The first kappa shape index (κ1) is 28.0. The minimum Gasteiger partial charge on any atom is -0.505 e. The van der Waals surface area contributed by atoms with E-state index < -0.39 is 28.9 Å². The van der Waals surface area contributed by atoms with E-state index in [0.29, 0.717) is 24.2 Å². The highest BCUT2D eigenvalue weighted by atomic mass is 32.2. The zero-order valence-corrected chi connectivity index (χ0v) is 24.2. The number of rotatable bonds is 8. The highest BCUT2D eigenvalue weighted by Gasteiger charge is 2.36. The summed E-state index contributed by atoms with van der Waals surface area (Å²) in [6.45, 7) is 8.12. The molecule has 14 heteroatoms. The first-order valence-electron chi connectivity index (χ1n) is 11.8. The highest BCUT2D eigenvalue weighted by Crippen LogP contribution is 2.52. The molecule has 0 radical (unpaired) electrons. The fraction of sp³-hybridized carbons (Fsp3) is 0.375. The minimum absolute atomic E-state index is 0.0372. The summed E-state index contributed by atoms with van der Waals surface area (Å²) >= 11 is 1.42. The number of hydrogen-bond donors (Lipinski definition) is 3. The van der Waals surface area contributed by atoms with Crippen molar-refractivity contribution in [2.24, 2.45) is 10.2 Å². The van der Waals surface area contributed by atoms with Crippen LogP contribution in [0.3, 0.4) is 0 Å². The maximum absolute atomic E-state index is 14.0. The normalized spacial score (nSPS) is 17.4. The van der Waals surface area contributed by atoms with Crippen LogP contribution in [-0.2, 0) is 25.7 Å². The molecular weight excluding hydrogens is 549 g/mol. The lowest BCUT2D eigenvalue weighted by Crippen LogP contribution is -2.35. The fourth-order valence-corrected chi connectivity index (χ4v) is 6.84. The Kier molecular flexibility index (Phi) is 7.59. The molecule has 1 atom stereocenters. The van der Waals surface area contributed by atoms with Gasteiger partial charge >= 0.3 is 7.52 Å². The number of aryl methyl sites for hydroxylation is 1. The van der Waals surface area contributed by atoms with Crippen molar-refractivity contribution in [3.63, 3.8) is 0 Å². The van der Waals surface area contributed by atoms with Gasteiger partial charge in [0.1, 0.15) is 11.3 Å². The van der Waals surface area contributed by atoms with Gasteiger partial charge < -0.3 is 14.9 Å². The van der Waals surface area contributed by atoms with Crippen molar-refractivity contribution in [3.05, 3.63) is 50.9 Å². The molecular formula is C24H30N5O6PS2. The lowest BCUT2D eigenvalue weighted by atomic mass is 9.92. The number of fused-ring (bicyclic) bond motifs is 1. The number of anilines is 2. The van der Waals surface area contributed by atoms with E-state index in [4.69, 9.17) is 4.52 Å². The SMILES string of the molecule is CCOP1(=O)N=C(c2c(O)c(-c3ccsc3)nn(CCC(C)(C)C)c2=O)Nc2ccc(NS(C)(=O)=O)cc21. The summed E-state index contributed by atoms with van der Waals surface area (Å²) in [4.78, 5) is 13.6. The smallest absolute Gasteiger partial charge is 0.348 e. The maximum atomic E-state index is 14.0. The van der Waals surface area contributed by atoms with Gasteiger partial charge in [0, 0.05) is 23.2 Å². The number of nitrogens with one attached hydrogen (secondary N) is 2. The predicted octanol–water partition coefficient (Wildman–Crippen LogP) is 4.21. The molecule has 1 unspecified atom stereocenters. The Morgan fingerprint density at radius 3 is 2.61 bits per heavy atom. The van der Waals surface area contributed by atoms with Crippen LogP contribution in [0, 0.1) is 5.41 Å². The van der Waals surface area contributed by atoms with Crippen LogP contribution >= 0.6 is 18.9 Å². The number of thiophene rings is 1. The lowest BCUT2D eigenvalue weighted by Gasteiger charge is -2.26. The first-order valence-corrected chi connectivity index (χ1v) is 16.2. The standard InChI is InChI=1S/C24H30N5O6PS2/c1-6-35-36(32)18-13-16(28-38(5,33)34)7-8-17(18)25-22(27-36)19-21(30)20(15-9-12-37-14-15)26-29(23(19)31)11-10-24(2,3)4/h7-9,12-14,28,30H,6,10-11H2,1-5H3,(H,25,27,32). The molecule has 3 heterocycles. The molecule has 38 heavy (non-hydrogen) atoms.